The summed E-state index contributed by atoms with van der Waals surface area (Å²) >= 11 is 0. The van der Waals surface area contributed by atoms with E-state index in [9.17, 15) is 9.59 Å². The summed E-state index contributed by atoms with van der Waals surface area (Å²) in [6.07, 6.45) is 0.368. The molecule has 76 valence electrons. The highest BCUT2D eigenvalue weighted by molar-refractivity contribution is 5.84. The molecule has 0 saturated heterocycles. The van der Waals surface area contributed by atoms with Gasteiger partial charge in [0.05, 0.1) is 0 Å². The minimum absolute atomic E-state index is 0.0831. The largest absolute Gasteiger partial charge is 0.480 e. The van der Waals surface area contributed by atoms with E-state index in [-0.39, 0.29) is 6.61 Å². The highest BCUT2D eigenvalue weighted by Gasteiger charge is 2.16. The number of ether oxygens (including phenoxy) is 1. The van der Waals surface area contributed by atoms with Gasteiger partial charge in [0.25, 0.3) is 0 Å². The van der Waals surface area contributed by atoms with E-state index in [4.69, 9.17) is 9.84 Å². The summed E-state index contributed by atoms with van der Waals surface area (Å²) in [7, 11) is 0. The Kier molecular flexibility index (Phi) is 5.88. The first-order valence-corrected chi connectivity index (χ1v) is 4.21. The number of amides is 1. The van der Waals surface area contributed by atoms with Gasteiger partial charge in [0.15, 0.2) is 0 Å². The Labute approximate surface area is 77.1 Å². The second-order valence-electron chi connectivity index (χ2n) is 2.50. The van der Waals surface area contributed by atoms with Crippen LogP contribution in [0.15, 0.2) is 0 Å². The van der Waals surface area contributed by atoms with Crippen molar-refractivity contribution in [3.05, 3.63) is 0 Å². The zero-order chi connectivity index (χ0) is 10.3. The third kappa shape index (κ3) is 5.19. The Balaban J connectivity index is 3.80. The van der Waals surface area contributed by atoms with Crippen LogP contribution in [0.3, 0.4) is 0 Å². The Morgan fingerprint density at radius 1 is 1.46 bits per heavy atom. The van der Waals surface area contributed by atoms with E-state index in [1.807, 2.05) is 0 Å². The van der Waals surface area contributed by atoms with Crippen molar-refractivity contribution in [2.45, 2.75) is 26.3 Å². The molecule has 0 spiro atoms. The average molecular weight is 189 g/mol. The van der Waals surface area contributed by atoms with Gasteiger partial charge in [0.2, 0.25) is 5.91 Å². The van der Waals surface area contributed by atoms with E-state index in [1.165, 1.54) is 0 Å². The molecule has 0 radical (unpaired) electrons. The number of carbonyl (C=O) groups excluding carboxylic acids is 1. The van der Waals surface area contributed by atoms with Crippen LogP contribution in [0.1, 0.15) is 20.3 Å². The van der Waals surface area contributed by atoms with Crippen molar-refractivity contribution in [2.75, 3.05) is 13.2 Å². The van der Waals surface area contributed by atoms with Gasteiger partial charge < -0.3 is 15.2 Å². The monoisotopic (exact) mass is 189 g/mol. The summed E-state index contributed by atoms with van der Waals surface area (Å²) in [6.45, 7) is 3.82. The summed E-state index contributed by atoms with van der Waals surface area (Å²) in [5, 5.41) is 10.9. The Morgan fingerprint density at radius 2 is 2.08 bits per heavy atom. The fourth-order valence-corrected chi connectivity index (χ4v) is 0.769. The third-order valence-electron chi connectivity index (χ3n) is 1.48. The number of aliphatic carboxylic acids is 1. The van der Waals surface area contributed by atoms with E-state index in [2.05, 4.69) is 5.32 Å². The van der Waals surface area contributed by atoms with Gasteiger partial charge in [0.1, 0.15) is 12.6 Å². The maximum Gasteiger partial charge on any atom is 0.326 e. The molecule has 5 nitrogen and oxygen atoms in total. The first-order chi connectivity index (χ1) is 6.11. The lowest BCUT2D eigenvalue weighted by molar-refractivity contribution is -0.142. The molecule has 0 aromatic carbocycles. The molecule has 1 amide bonds. The molecule has 13 heavy (non-hydrogen) atoms. The second-order valence-corrected chi connectivity index (χ2v) is 2.50. The third-order valence-corrected chi connectivity index (χ3v) is 1.48. The lowest BCUT2D eigenvalue weighted by atomic mass is 10.2. The van der Waals surface area contributed by atoms with Gasteiger partial charge >= 0.3 is 5.97 Å². The summed E-state index contributed by atoms with van der Waals surface area (Å²) in [4.78, 5) is 21.5. The molecule has 0 aliphatic rings. The first-order valence-electron chi connectivity index (χ1n) is 4.21. The van der Waals surface area contributed by atoms with Crippen LogP contribution in [0.5, 0.6) is 0 Å². The van der Waals surface area contributed by atoms with Crippen LogP contribution in [-0.2, 0) is 14.3 Å². The average Bonchev–Trinajstić information content (AvgIpc) is 2.10. The molecule has 0 bridgehead atoms. The van der Waals surface area contributed by atoms with Crippen LogP contribution in [0, 0.1) is 0 Å². The van der Waals surface area contributed by atoms with E-state index in [0.717, 1.165) is 0 Å². The Bertz CT molecular complexity index is 181. The number of carboxylic acids is 1. The molecule has 0 aliphatic heterocycles. The summed E-state index contributed by atoms with van der Waals surface area (Å²) in [6, 6.07) is -0.812. The van der Waals surface area contributed by atoms with Crippen molar-refractivity contribution in [2.24, 2.45) is 0 Å². The standard InChI is InChI=1S/C8H15NO4/c1-3-6(8(11)12)9-7(10)5-13-4-2/h6H,3-5H2,1-2H3,(H,9,10)(H,11,12)/t6-/m1/s1. The van der Waals surface area contributed by atoms with Crippen LogP contribution < -0.4 is 5.32 Å². The number of nitrogens with one attached hydrogen (secondary N) is 1. The van der Waals surface area contributed by atoms with Gasteiger partial charge in [-0.3, -0.25) is 4.79 Å². The molecule has 0 fully saturated rings. The summed E-state index contributed by atoms with van der Waals surface area (Å²) < 4.78 is 4.82. The van der Waals surface area contributed by atoms with Crippen LogP contribution in [0.4, 0.5) is 0 Å². The second kappa shape index (κ2) is 6.42. The molecule has 0 heterocycles. The van der Waals surface area contributed by atoms with Gasteiger partial charge in [-0.25, -0.2) is 4.79 Å². The van der Waals surface area contributed by atoms with E-state index in [1.54, 1.807) is 13.8 Å². The topological polar surface area (TPSA) is 75.6 Å². The minimum Gasteiger partial charge on any atom is -0.480 e. The number of hydrogen-bond acceptors (Lipinski definition) is 3. The van der Waals surface area contributed by atoms with Crippen LogP contribution >= 0.6 is 0 Å². The molecule has 0 saturated carbocycles. The zero-order valence-electron chi connectivity index (χ0n) is 7.87. The lowest BCUT2D eigenvalue weighted by Gasteiger charge is -2.11. The SMILES string of the molecule is CCOCC(=O)N[C@H](CC)C(=O)O. The number of carbonyl (C=O) groups is 2. The van der Waals surface area contributed by atoms with E-state index >= 15 is 0 Å². The normalized spacial score (nSPS) is 12.2. The molecular weight excluding hydrogens is 174 g/mol. The summed E-state index contributed by atoms with van der Waals surface area (Å²) in [5.74, 6) is -1.41. The fourth-order valence-electron chi connectivity index (χ4n) is 0.769. The van der Waals surface area contributed by atoms with Crippen LogP contribution in [-0.4, -0.2) is 36.2 Å². The fraction of sp³-hybridized carbons (Fsp3) is 0.750. The predicted octanol–water partition coefficient (Wildman–Crippen LogP) is 0.00230. The van der Waals surface area contributed by atoms with Gasteiger partial charge in [-0.15, -0.1) is 0 Å². The first kappa shape index (κ1) is 11.9. The highest BCUT2D eigenvalue weighted by atomic mass is 16.5. The molecule has 2 N–H and O–H groups in total. The smallest absolute Gasteiger partial charge is 0.326 e. The Hall–Kier alpha value is -1.10. The van der Waals surface area contributed by atoms with Gasteiger partial charge in [0, 0.05) is 6.61 Å². The van der Waals surface area contributed by atoms with Crippen molar-refractivity contribution in [1.29, 1.82) is 0 Å². The minimum atomic E-state index is -1.02. The van der Waals surface area contributed by atoms with Crippen LogP contribution in [0.2, 0.25) is 0 Å². The molecular formula is C8H15NO4. The molecule has 1 atom stereocenters. The molecule has 0 rings (SSSR count). The maximum atomic E-state index is 11.0. The molecule has 0 aromatic rings. The van der Waals surface area contributed by atoms with Crippen molar-refractivity contribution >= 4 is 11.9 Å². The highest BCUT2D eigenvalue weighted by Crippen LogP contribution is 1.90. The zero-order valence-corrected chi connectivity index (χ0v) is 7.87. The maximum absolute atomic E-state index is 11.0. The predicted molar refractivity (Wildman–Crippen MR) is 46.4 cm³/mol. The molecule has 5 heteroatoms. The number of hydrogen-bond donors (Lipinski definition) is 2. The van der Waals surface area contributed by atoms with Gasteiger partial charge in [-0.05, 0) is 13.3 Å². The quantitative estimate of drug-likeness (QED) is 0.616. The van der Waals surface area contributed by atoms with Gasteiger partial charge in [-0.1, -0.05) is 6.92 Å². The molecule has 0 unspecified atom stereocenters. The van der Waals surface area contributed by atoms with Gasteiger partial charge in [-0.2, -0.15) is 0 Å². The number of carboxylic acid groups (broad SMARTS) is 1. The molecule has 0 aromatic heterocycles. The molecule has 0 aliphatic carbocycles. The van der Waals surface area contributed by atoms with Crippen molar-refractivity contribution in [3.63, 3.8) is 0 Å². The van der Waals surface area contributed by atoms with Crippen LogP contribution in [0.25, 0.3) is 0 Å². The van der Waals surface area contributed by atoms with E-state index < -0.39 is 17.9 Å². The summed E-state index contributed by atoms with van der Waals surface area (Å²) in [5.41, 5.74) is 0. The van der Waals surface area contributed by atoms with E-state index in [0.29, 0.717) is 13.0 Å². The van der Waals surface area contributed by atoms with Crippen molar-refractivity contribution in [1.82, 2.24) is 5.32 Å². The Morgan fingerprint density at radius 3 is 2.46 bits per heavy atom. The van der Waals surface area contributed by atoms with Crippen molar-refractivity contribution < 1.29 is 19.4 Å². The lowest BCUT2D eigenvalue weighted by Crippen LogP contribution is -2.41. The number of rotatable bonds is 6. The van der Waals surface area contributed by atoms with Crippen molar-refractivity contribution in [3.8, 4) is 0 Å².